The molecule has 1 aliphatic carbocycles. The molecule has 6 rings (SSSR count). The van der Waals surface area contributed by atoms with Crippen molar-refractivity contribution < 1.29 is 9.59 Å². The summed E-state index contributed by atoms with van der Waals surface area (Å²) in [7, 11) is -2.74. The Kier molecular flexibility index (Phi) is 6.00. The Balaban J connectivity index is 1.44. The fourth-order valence-corrected chi connectivity index (χ4v) is 10.1. The van der Waals surface area contributed by atoms with Gasteiger partial charge in [-0.1, -0.05) is 0 Å². The first-order chi connectivity index (χ1) is 18.2. The predicted octanol–water partition coefficient (Wildman–Crippen LogP) is 5.56. The molecule has 0 atom stereocenters. The van der Waals surface area contributed by atoms with Crippen molar-refractivity contribution in [3.63, 3.8) is 0 Å². The van der Waals surface area contributed by atoms with E-state index in [1.165, 1.54) is 15.9 Å². The molecule has 0 radical (unpaired) electrons. The van der Waals surface area contributed by atoms with Gasteiger partial charge in [-0.25, -0.2) is 0 Å². The Labute approximate surface area is 217 Å². The van der Waals surface area contributed by atoms with Gasteiger partial charge in [0.2, 0.25) is 0 Å². The van der Waals surface area contributed by atoms with Gasteiger partial charge in [-0.05, 0) is 0 Å². The molecule has 3 nitrogen and oxygen atoms in total. The van der Waals surface area contributed by atoms with Gasteiger partial charge in [-0.2, -0.15) is 0 Å². The molecule has 0 fully saturated rings. The molecule has 5 aromatic rings. The molecule has 180 valence electrons. The Morgan fingerprint density at radius 3 is 1.54 bits per heavy atom. The van der Waals surface area contributed by atoms with Crippen molar-refractivity contribution in [2.75, 3.05) is 11.5 Å². The zero-order valence-corrected chi connectivity index (χ0v) is 21.2. The molecule has 0 spiro atoms. The van der Waals surface area contributed by atoms with Crippen LogP contribution in [0.2, 0.25) is 0 Å². The van der Waals surface area contributed by atoms with Crippen LogP contribution in [0.15, 0.2) is 133 Å². The fraction of sp³-hybridized carbons (Fsp3) is 0.0303. The summed E-state index contributed by atoms with van der Waals surface area (Å²) in [5, 5.41) is 6.66. The van der Waals surface area contributed by atoms with E-state index in [1.54, 1.807) is 0 Å². The normalized spacial score (nSPS) is 12.5. The SMILES string of the molecule is O=C(C[PH](c1ccccc1)(c1ccccc1)c1ccccc1)Nc1cccc2c1C(=O)c1ccccc1-2. The van der Waals surface area contributed by atoms with E-state index in [0.717, 1.165) is 11.1 Å². The summed E-state index contributed by atoms with van der Waals surface area (Å²) in [6, 6.07) is 44.4. The second kappa shape index (κ2) is 9.61. The number of ketones is 1. The van der Waals surface area contributed by atoms with E-state index in [4.69, 9.17) is 0 Å². The Bertz CT molecular complexity index is 1500. The maximum absolute atomic E-state index is 13.9. The second-order valence-corrected chi connectivity index (χ2v) is 13.2. The Morgan fingerprint density at radius 1 is 0.541 bits per heavy atom. The van der Waals surface area contributed by atoms with E-state index >= 15 is 0 Å². The second-order valence-electron chi connectivity index (χ2n) is 9.33. The van der Waals surface area contributed by atoms with Gasteiger partial charge in [-0.15, -0.1) is 0 Å². The Hall–Kier alpha value is -4.33. The molecule has 1 amide bonds. The standard InChI is InChI=1S/C33H26NO2P/c35-31(34-30-22-12-21-28-27-19-10-11-20-29(27)33(36)32(28)30)23-37(24-13-4-1-5-14-24,25-15-6-2-7-16-25)26-17-8-3-9-18-26/h1-22,37H,23H2,(H,34,35). The Morgan fingerprint density at radius 2 is 1.00 bits per heavy atom. The molecular weight excluding hydrogens is 473 g/mol. The van der Waals surface area contributed by atoms with Crippen molar-refractivity contribution in [2.24, 2.45) is 0 Å². The molecule has 4 heteroatoms. The van der Waals surface area contributed by atoms with Crippen LogP contribution in [0.3, 0.4) is 0 Å². The van der Waals surface area contributed by atoms with E-state index in [0.29, 0.717) is 23.0 Å². The van der Waals surface area contributed by atoms with Crippen LogP contribution < -0.4 is 21.2 Å². The van der Waals surface area contributed by atoms with Crippen LogP contribution in [0.1, 0.15) is 15.9 Å². The molecule has 1 N–H and O–H groups in total. The van der Waals surface area contributed by atoms with Crippen LogP contribution in [0.25, 0.3) is 11.1 Å². The molecule has 0 bridgehead atoms. The molecule has 0 aromatic heterocycles. The zero-order chi connectivity index (χ0) is 25.2. The van der Waals surface area contributed by atoms with E-state index in [9.17, 15) is 9.59 Å². The molecule has 0 heterocycles. The number of amides is 1. The third-order valence-corrected chi connectivity index (χ3v) is 12.1. The number of fused-ring (bicyclic) bond motifs is 3. The summed E-state index contributed by atoms with van der Waals surface area (Å²) in [6.07, 6.45) is 0.315. The van der Waals surface area contributed by atoms with E-state index in [1.807, 2.05) is 97.1 Å². The van der Waals surface area contributed by atoms with Crippen LogP contribution in [0.5, 0.6) is 0 Å². The van der Waals surface area contributed by atoms with Crippen LogP contribution in [0.4, 0.5) is 5.69 Å². The van der Waals surface area contributed by atoms with Gasteiger partial charge < -0.3 is 0 Å². The first-order valence-electron chi connectivity index (χ1n) is 12.4. The molecule has 0 saturated heterocycles. The van der Waals surface area contributed by atoms with Crippen molar-refractivity contribution in [3.8, 4) is 11.1 Å². The van der Waals surface area contributed by atoms with Crippen LogP contribution in [-0.2, 0) is 4.79 Å². The minimum absolute atomic E-state index is 0.0424. The summed E-state index contributed by atoms with van der Waals surface area (Å²) in [5.74, 6) is -0.139. The molecule has 5 aromatic carbocycles. The van der Waals surface area contributed by atoms with Crippen LogP contribution >= 0.6 is 7.26 Å². The number of hydrogen-bond donors (Lipinski definition) is 1. The summed E-state index contributed by atoms with van der Waals surface area (Å²) >= 11 is 0. The molecular formula is C33H26NO2P. The van der Waals surface area contributed by atoms with Gasteiger partial charge in [0, 0.05) is 0 Å². The van der Waals surface area contributed by atoms with E-state index in [-0.39, 0.29) is 11.7 Å². The quantitative estimate of drug-likeness (QED) is 0.305. The number of hydrogen-bond acceptors (Lipinski definition) is 2. The maximum atomic E-state index is 13.9. The predicted molar refractivity (Wildman–Crippen MR) is 155 cm³/mol. The number of rotatable bonds is 6. The first kappa shape index (κ1) is 23.1. The molecule has 1 aliphatic rings. The van der Waals surface area contributed by atoms with Crippen LogP contribution in [0, 0.1) is 0 Å². The third kappa shape index (κ3) is 3.98. The van der Waals surface area contributed by atoms with E-state index < -0.39 is 7.26 Å². The zero-order valence-electron chi connectivity index (χ0n) is 20.2. The van der Waals surface area contributed by atoms with Gasteiger partial charge in [0.25, 0.3) is 0 Å². The van der Waals surface area contributed by atoms with Crippen LogP contribution in [-0.4, -0.2) is 17.9 Å². The average molecular weight is 500 g/mol. The number of anilines is 1. The van der Waals surface area contributed by atoms with Crippen molar-refractivity contribution in [3.05, 3.63) is 145 Å². The fourth-order valence-electron chi connectivity index (χ4n) is 5.59. The van der Waals surface area contributed by atoms with Gasteiger partial charge >= 0.3 is 217 Å². The monoisotopic (exact) mass is 499 g/mol. The van der Waals surface area contributed by atoms with Crippen molar-refractivity contribution in [1.82, 2.24) is 0 Å². The molecule has 0 unspecified atom stereocenters. The van der Waals surface area contributed by atoms with Gasteiger partial charge in [0.1, 0.15) is 0 Å². The number of carbonyl (C=O) groups excluding carboxylic acids is 2. The summed E-state index contributed by atoms with van der Waals surface area (Å²) < 4.78 is 0. The van der Waals surface area contributed by atoms with Crippen molar-refractivity contribution in [1.29, 1.82) is 0 Å². The average Bonchev–Trinajstić information content (AvgIpc) is 3.26. The summed E-state index contributed by atoms with van der Waals surface area (Å²) in [6.45, 7) is 0. The van der Waals surface area contributed by atoms with Gasteiger partial charge in [-0.3, -0.25) is 0 Å². The first-order valence-corrected chi connectivity index (χ1v) is 14.6. The molecule has 37 heavy (non-hydrogen) atoms. The number of benzene rings is 5. The summed E-state index contributed by atoms with van der Waals surface area (Å²) in [4.78, 5) is 27.2. The van der Waals surface area contributed by atoms with E-state index in [2.05, 4.69) is 41.7 Å². The third-order valence-electron chi connectivity index (χ3n) is 7.25. The number of carbonyl (C=O) groups is 2. The van der Waals surface area contributed by atoms with Gasteiger partial charge in [0.15, 0.2) is 0 Å². The topological polar surface area (TPSA) is 46.2 Å². The molecule has 0 saturated carbocycles. The van der Waals surface area contributed by atoms with Gasteiger partial charge in [0.05, 0.1) is 0 Å². The molecule has 0 aliphatic heterocycles. The van der Waals surface area contributed by atoms with Crippen molar-refractivity contribution in [2.45, 2.75) is 0 Å². The van der Waals surface area contributed by atoms with Crippen molar-refractivity contribution >= 4 is 40.6 Å². The number of nitrogens with one attached hydrogen (secondary N) is 1. The summed E-state index contributed by atoms with van der Waals surface area (Å²) in [5.41, 5.74) is 3.61. The minimum atomic E-state index is -2.74.